The maximum atomic E-state index is 6.23. The van der Waals surface area contributed by atoms with E-state index in [-0.39, 0.29) is 0 Å². The number of halogens is 1. The van der Waals surface area contributed by atoms with Gasteiger partial charge in [0.25, 0.3) is 0 Å². The molecule has 8 nitrogen and oxygen atoms in total. The SMILES string of the molecule is Cc1c(Cl)nn2c(-c3cc4ccccc4s3)cnc2c1C.Cc1ccc(N)cc1C.Cc1ccc(Nc2nn3c(-c4cc5ccccc5s4)cnc3c(C)c2C)cc1C. The second kappa shape index (κ2) is 16.3. The van der Waals surface area contributed by atoms with Crippen LogP contribution in [0.15, 0.2) is 109 Å². The number of fused-ring (bicyclic) bond motifs is 4. The van der Waals surface area contributed by atoms with Crippen LogP contribution in [-0.2, 0) is 0 Å². The molecule has 0 saturated heterocycles. The molecular formula is C48H45ClN8S2. The number of benzene rings is 4. The number of nitrogens with two attached hydrogens (primary N) is 1. The van der Waals surface area contributed by atoms with Crippen molar-refractivity contribution in [2.75, 3.05) is 11.1 Å². The van der Waals surface area contributed by atoms with E-state index >= 15 is 0 Å². The molecule has 0 spiro atoms. The summed E-state index contributed by atoms with van der Waals surface area (Å²) in [6.45, 7) is 16.6. The predicted octanol–water partition coefficient (Wildman–Crippen LogP) is 13.4. The predicted molar refractivity (Wildman–Crippen MR) is 251 cm³/mol. The fourth-order valence-corrected chi connectivity index (χ4v) is 9.14. The van der Waals surface area contributed by atoms with Crippen LogP contribution in [0.25, 0.3) is 52.6 Å². The Morgan fingerprint density at radius 2 is 1.05 bits per heavy atom. The molecule has 10 aromatic rings. The number of imidazole rings is 2. The van der Waals surface area contributed by atoms with Crippen LogP contribution < -0.4 is 11.1 Å². The average Bonchev–Trinajstić information content (AvgIpc) is 4.04. The first-order chi connectivity index (χ1) is 28.4. The molecule has 59 heavy (non-hydrogen) atoms. The highest BCUT2D eigenvalue weighted by Crippen LogP contribution is 2.36. The summed E-state index contributed by atoms with van der Waals surface area (Å²) in [7, 11) is 0. The number of nitrogens with zero attached hydrogens (tertiary/aromatic N) is 6. The molecule has 6 aromatic heterocycles. The average molecular weight is 834 g/mol. The highest BCUT2D eigenvalue weighted by Gasteiger charge is 2.17. The second-order valence-corrected chi connectivity index (χ2v) is 17.5. The fraction of sp³-hybridized carbons (Fsp3) is 0.167. The Bertz CT molecular complexity index is 3100. The lowest BCUT2D eigenvalue weighted by atomic mass is 10.1. The molecule has 0 aliphatic carbocycles. The number of nitrogen functional groups attached to an aromatic ring is 1. The van der Waals surface area contributed by atoms with Crippen molar-refractivity contribution in [3.8, 4) is 21.1 Å². The first-order valence-electron chi connectivity index (χ1n) is 19.4. The molecule has 3 N–H and O–H groups in total. The topological polar surface area (TPSA) is 98.4 Å². The first-order valence-corrected chi connectivity index (χ1v) is 21.4. The van der Waals surface area contributed by atoms with E-state index in [0.29, 0.717) is 5.15 Å². The smallest absolute Gasteiger partial charge is 0.157 e. The lowest BCUT2D eigenvalue weighted by Gasteiger charge is -2.13. The maximum absolute atomic E-state index is 6.23. The van der Waals surface area contributed by atoms with Crippen LogP contribution in [0.3, 0.4) is 0 Å². The Morgan fingerprint density at radius 1 is 0.542 bits per heavy atom. The molecule has 0 aliphatic heterocycles. The summed E-state index contributed by atoms with van der Waals surface area (Å²) in [5.74, 6) is 0.860. The van der Waals surface area contributed by atoms with Crippen LogP contribution in [0, 0.1) is 55.4 Å². The third-order valence-electron chi connectivity index (χ3n) is 11.0. The van der Waals surface area contributed by atoms with Gasteiger partial charge in [-0.1, -0.05) is 60.1 Å². The first kappa shape index (κ1) is 39.7. The largest absolute Gasteiger partial charge is 0.399 e. The van der Waals surface area contributed by atoms with Gasteiger partial charge in [0.15, 0.2) is 22.3 Å². The van der Waals surface area contributed by atoms with Crippen molar-refractivity contribution in [2.24, 2.45) is 0 Å². The number of anilines is 3. The molecule has 0 atom stereocenters. The van der Waals surface area contributed by atoms with Crippen molar-refractivity contribution in [1.29, 1.82) is 0 Å². The lowest BCUT2D eigenvalue weighted by Crippen LogP contribution is -2.05. The highest BCUT2D eigenvalue weighted by molar-refractivity contribution is 7.22. The number of aryl methyl sites for hydroxylation is 6. The van der Waals surface area contributed by atoms with E-state index in [4.69, 9.17) is 22.4 Å². The van der Waals surface area contributed by atoms with E-state index < -0.39 is 0 Å². The van der Waals surface area contributed by atoms with E-state index in [0.717, 1.165) is 67.0 Å². The maximum Gasteiger partial charge on any atom is 0.157 e. The van der Waals surface area contributed by atoms with Gasteiger partial charge in [-0.25, -0.2) is 19.0 Å². The third kappa shape index (κ3) is 7.91. The number of hydrogen-bond acceptors (Lipinski definition) is 8. The number of thiophene rings is 2. The molecular weight excluding hydrogens is 788 g/mol. The Kier molecular flexibility index (Phi) is 11.0. The van der Waals surface area contributed by atoms with E-state index in [2.05, 4.69) is 141 Å². The third-order valence-corrected chi connectivity index (χ3v) is 13.6. The van der Waals surface area contributed by atoms with E-state index in [1.54, 1.807) is 22.7 Å². The summed E-state index contributed by atoms with van der Waals surface area (Å²) < 4.78 is 6.35. The second-order valence-electron chi connectivity index (χ2n) is 15.0. The molecule has 0 unspecified atom stereocenters. The molecule has 10 rings (SSSR count). The van der Waals surface area contributed by atoms with Gasteiger partial charge in [0.2, 0.25) is 0 Å². The summed E-state index contributed by atoms with van der Waals surface area (Å²) in [6, 6.07) is 33.5. The Balaban J connectivity index is 0.000000140. The molecule has 0 saturated carbocycles. The van der Waals surface area contributed by atoms with E-state index in [1.165, 1.54) is 47.3 Å². The zero-order valence-electron chi connectivity index (χ0n) is 34.3. The Labute approximate surface area is 357 Å². The number of hydrogen-bond donors (Lipinski definition) is 2. The van der Waals surface area contributed by atoms with Gasteiger partial charge in [-0.3, -0.25) is 0 Å². The monoisotopic (exact) mass is 832 g/mol. The minimum Gasteiger partial charge on any atom is -0.399 e. The minimum absolute atomic E-state index is 0.528. The summed E-state index contributed by atoms with van der Waals surface area (Å²) in [5, 5.41) is 15.9. The number of aromatic nitrogens is 6. The molecule has 0 bridgehead atoms. The van der Waals surface area contributed by atoms with Crippen LogP contribution in [0.2, 0.25) is 5.15 Å². The Hall–Kier alpha value is -6.07. The van der Waals surface area contributed by atoms with Crippen molar-refractivity contribution in [3.05, 3.63) is 159 Å². The summed E-state index contributed by atoms with van der Waals surface area (Å²) in [5.41, 5.74) is 20.6. The Morgan fingerprint density at radius 3 is 1.58 bits per heavy atom. The molecule has 0 amide bonds. The van der Waals surface area contributed by atoms with Gasteiger partial charge in [0.1, 0.15) is 11.4 Å². The van der Waals surface area contributed by atoms with Crippen molar-refractivity contribution >= 4 is 82.9 Å². The van der Waals surface area contributed by atoms with Gasteiger partial charge in [0.05, 0.1) is 22.1 Å². The van der Waals surface area contributed by atoms with Crippen LogP contribution in [0.4, 0.5) is 17.2 Å². The van der Waals surface area contributed by atoms with Gasteiger partial charge in [-0.15, -0.1) is 27.8 Å². The van der Waals surface area contributed by atoms with Crippen molar-refractivity contribution in [3.63, 3.8) is 0 Å². The molecule has 11 heteroatoms. The summed E-state index contributed by atoms with van der Waals surface area (Å²) in [6.07, 6.45) is 3.80. The van der Waals surface area contributed by atoms with Crippen LogP contribution >= 0.6 is 34.3 Å². The van der Waals surface area contributed by atoms with Gasteiger partial charge >= 0.3 is 0 Å². The van der Waals surface area contributed by atoms with Crippen LogP contribution in [0.5, 0.6) is 0 Å². The number of rotatable bonds is 4. The summed E-state index contributed by atoms with van der Waals surface area (Å²) in [4.78, 5) is 11.5. The van der Waals surface area contributed by atoms with Crippen LogP contribution in [0.1, 0.15) is 44.5 Å². The van der Waals surface area contributed by atoms with Crippen LogP contribution in [-0.4, -0.2) is 29.2 Å². The lowest BCUT2D eigenvalue weighted by molar-refractivity contribution is 0.925. The molecule has 296 valence electrons. The van der Waals surface area contributed by atoms with Crippen molar-refractivity contribution in [2.45, 2.75) is 55.4 Å². The standard InChI is InChI=1S/C24H22N4S.C16H12ClN3S.C8H11N/c1-14-9-10-19(11-15(14)2)26-23-16(3)17(4)24-25-13-20(28(24)27-23)22-12-18-7-5-6-8-21(18)29-22;1-9-10(2)16-18-8-12(20(16)19-15(9)17)14-7-11-5-3-4-6-13(11)21-14;1-6-3-4-8(9)5-7(6)2/h5-13H,1-4H3,(H,26,27);3-8H,1-2H3;3-5H,9H2,1-2H3. The molecule has 0 aliphatic rings. The molecule has 4 aromatic carbocycles. The number of nitrogens with one attached hydrogen (secondary N) is 1. The summed E-state index contributed by atoms with van der Waals surface area (Å²) >= 11 is 9.75. The zero-order chi connectivity index (χ0) is 41.5. The highest BCUT2D eigenvalue weighted by atomic mass is 35.5. The van der Waals surface area contributed by atoms with Gasteiger partial charge < -0.3 is 11.1 Å². The van der Waals surface area contributed by atoms with Crippen molar-refractivity contribution in [1.82, 2.24) is 29.2 Å². The van der Waals surface area contributed by atoms with E-state index in [1.807, 2.05) is 53.5 Å². The van der Waals surface area contributed by atoms with Gasteiger partial charge in [-0.2, -0.15) is 5.10 Å². The molecule has 0 fully saturated rings. The quantitative estimate of drug-likeness (QED) is 0.171. The normalized spacial score (nSPS) is 11.2. The molecule has 6 heterocycles. The van der Waals surface area contributed by atoms with Gasteiger partial charge in [-0.05, 0) is 148 Å². The van der Waals surface area contributed by atoms with Gasteiger partial charge in [0, 0.05) is 31.9 Å². The van der Waals surface area contributed by atoms with E-state index in [9.17, 15) is 0 Å². The zero-order valence-corrected chi connectivity index (χ0v) is 36.7. The fourth-order valence-electron chi connectivity index (χ4n) is 6.80. The minimum atomic E-state index is 0.528. The molecule has 0 radical (unpaired) electrons. The van der Waals surface area contributed by atoms with Crippen molar-refractivity contribution < 1.29 is 0 Å².